The van der Waals surface area contributed by atoms with Gasteiger partial charge in [0.25, 0.3) is 0 Å². The van der Waals surface area contributed by atoms with Crippen molar-refractivity contribution in [3.05, 3.63) is 66.9 Å². The summed E-state index contributed by atoms with van der Waals surface area (Å²) in [6.45, 7) is 1.98. The van der Waals surface area contributed by atoms with Crippen LogP contribution in [0.3, 0.4) is 0 Å². The van der Waals surface area contributed by atoms with Gasteiger partial charge in [0.2, 0.25) is 10.0 Å². The van der Waals surface area contributed by atoms with Crippen molar-refractivity contribution in [1.29, 1.82) is 0 Å². The second-order valence-electron chi connectivity index (χ2n) is 6.20. The average molecular weight is 381 g/mol. The van der Waals surface area contributed by atoms with Gasteiger partial charge in [-0.15, -0.1) is 10.2 Å². The fourth-order valence-corrected chi connectivity index (χ4v) is 4.49. The van der Waals surface area contributed by atoms with E-state index in [1.165, 1.54) is 4.31 Å². The zero-order valence-corrected chi connectivity index (χ0v) is 15.5. The number of benzene rings is 1. The smallest absolute Gasteiger partial charge is 0.243 e. The average Bonchev–Trinajstić information content (AvgIpc) is 2.75. The van der Waals surface area contributed by atoms with E-state index < -0.39 is 10.0 Å². The lowest BCUT2D eigenvalue weighted by Gasteiger charge is -2.34. The summed E-state index contributed by atoms with van der Waals surface area (Å²) in [5, 5.41) is 8.55. The van der Waals surface area contributed by atoms with E-state index in [1.807, 2.05) is 41.3 Å². The Labute approximate surface area is 158 Å². The van der Waals surface area contributed by atoms with E-state index in [4.69, 9.17) is 0 Å². The van der Waals surface area contributed by atoms with E-state index in [-0.39, 0.29) is 0 Å². The number of hydrogen-bond acceptors (Lipinski definition) is 6. The second-order valence-corrected chi connectivity index (χ2v) is 8.13. The first-order valence-electron chi connectivity index (χ1n) is 8.70. The molecule has 2 aromatic heterocycles. The molecule has 0 amide bonds. The Morgan fingerprint density at radius 2 is 1.48 bits per heavy atom. The van der Waals surface area contributed by atoms with Crippen molar-refractivity contribution in [2.75, 3.05) is 31.1 Å². The number of nitrogens with zero attached hydrogens (tertiary/aromatic N) is 5. The molecule has 138 valence electrons. The molecule has 0 unspecified atom stereocenters. The van der Waals surface area contributed by atoms with Crippen molar-refractivity contribution in [2.24, 2.45) is 0 Å². The topological polar surface area (TPSA) is 79.3 Å². The van der Waals surface area contributed by atoms with E-state index in [9.17, 15) is 8.42 Å². The highest BCUT2D eigenvalue weighted by atomic mass is 32.2. The molecule has 7 nitrogen and oxygen atoms in total. The standard InChI is InChI=1S/C19H19N5O2S/c25-27(26,16-6-2-1-3-7-16)24-14-12-23(13-15-24)19-10-9-18(21-22-19)17-8-4-5-11-20-17/h1-11H,12-15H2. The van der Waals surface area contributed by atoms with Crippen LogP contribution in [0.2, 0.25) is 0 Å². The van der Waals surface area contributed by atoms with Gasteiger partial charge < -0.3 is 4.90 Å². The maximum absolute atomic E-state index is 12.7. The highest BCUT2D eigenvalue weighted by Gasteiger charge is 2.28. The van der Waals surface area contributed by atoms with E-state index in [2.05, 4.69) is 15.2 Å². The Kier molecular flexibility index (Phi) is 4.83. The Morgan fingerprint density at radius 3 is 2.11 bits per heavy atom. The molecule has 0 bridgehead atoms. The van der Waals surface area contributed by atoms with Gasteiger partial charge in [0.05, 0.1) is 10.6 Å². The summed E-state index contributed by atoms with van der Waals surface area (Å²) in [7, 11) is -3.45. The number of pyridine rings is 1. The fourth-order valence-electron chi connectivity index (χ4n) is 3.04. The number of aromatic nitrogens is 3. The first kappa shape index (κ1) is 17.6. The molecule has 1 aromatic carbocycles. The molecule has 1 fully saturated rings. The first-order chi connectivity index (χ1) is 13.1. The van der Waals surface area contributed by atoms with Gasteiger partial charge in [0.1, 0.15) is 5.69 Å². The molecule has 1 aliphatic rings. The van der Waals surface area contributed by atoms with Gasteiger partial charge in [0.15, 0.2) is 5.82 Å². The van der Waals surface area contributed by atoms with Gasteiger partial charge >= 0.3 is 0 Å². The van der Waals surface area contributed by atoms with Crippen molar-refractivity contribution in [2.45, 2.75) is 4.90 Å². The summed E-state index contributed by atoms with van der Waals surface area (Å²) >= 11 is 0. The normalized spacial score (nSPS) is 15.6. The summed E-state index contributed by atoms with van der Waals surface area (Å²) in [6, 6.07) is 18.0. The van der Waals surface area contributed by atoms with Crippen LogP contribution in [0, 0.1) is 0 Å². The van der Waals surface area contributed by atoms with Gasteiger partial charge in [-0.1, -0.05) is 24.3 Å². The minimum absolute atomic E-state index is 0.331. The molecule has 0 N–H and O–H groups in total. The number of sulfonamides is 1. The highest BCUT2D eigenvalue weighted by molar-refractivity contribution is 7.89. The molecule has 0 aliphatic carbocycles. The fraction of sp³-hybridized carbons (Fsp3) is 0.211. The summed E-state index contributed by atoms with van der Waals surface area (Å²) in [6.07, 6.45) is 1.72. The number of piperazine rings is 1. The van der Waals surface area contributed by atoms with E-state index in [1.54, 1.807) is 30.5 Å². The van der Waals surface area contributed by atoms with Gasteiger partial charge in [-0.3, -0.25) is 4.98 Å². The predicted octanol–water partition coefficient (Wildman–Crippen LogP) is 2.05. The van der Waals surface area contributed by atoms with Crippen LogP contribution in [0.1, 0.15) is 0 Å². The lowest BCUT2D eigenvalue weighted by Crippen LogP contribution is -2.48. The third kappa shape index (κ3) is 3.67. The molecular weight excluding hydrogens is 362 g/mol. The SMILES string of the molecule is O=S(=O)(c1ccccc1)N1CCN(c2ccc(-c3ccccn3)nn2)CC1. The number of hydrogen-bond donors (Lipinski definition) is 0. The lowest BCUT2D eigenvalue weighted by molar-refractivity contribution is 0.383. The van der Waals surface area contributed by atoms with Crippen molar-refractivity contribution in [3.8, 4) is 11.4 Å². The highest BCUT2D eigenvalue weighted by Crippen LogP contribution is 2.21. The predicted molar refractivity (Wildman–Crippen MR) is 103 cm³/mol. The summed E-state index contributed by atoms with van der Waals surface area (Å²) in [5.41, 5.74) is 1.49. The van der Waals surface area contributed by atoms with Crippen LogP contribution in [0.15, 0.2) is 71.8 Å². The van der Waals surface area contributed by atoms with Gasteiger partial charge in [-0.05, 0) is 36.4 Å². The van der Waals surface area contributed by atoms with Crippen molar-refractivity contribution < 1.29 is 8.42 Å². The molecule has 0 saturated carbocycles. The van der Waals surface area contributed by atoms with Gasteiger partial charge in [0, 0.05) is 32.4 Å². The molecule has 4 rings (SSSR count). The number of anilines is 1. The Bertz CT molecular complexity index is 987. The molecule has 0 spiro atoms. The molecule has 3 heterocycles. The van der Waals surface area contributed by atoms with Crippen LogP contribution < -0.4 is 4.90 Å². The van der Waals surface area contributed by atoms with Crippen LogP contribution in [0.5, 0.6) is 0 Å². The molecule has 0 radical (unpaired) electrons. The van der Waals surface area contributed by atoms with Crippen LogP contribution in [0.25, 0.3) is 11.4 Å². The second kappa shape index (κ2) is 7.42. The third-order valence-corrected chi connectivity index (χ3v) is 6.43. The van der Waals surface area contributed by atoms with Crippen molar-refractivity contribution in [1.82, 2.24) is 19.5 Å². The van der Waals surface area contributed by atoms with Crippen LogP contribution in [0.4, 0.5) is 5.82 Å². The maximum Gasteiger partial charge on any atom is 0.243 e. The van der Waals surface area contributed by atoms with E-state index in [0.29, 0.717) is 36.8 Å². The largest absolute Gasteiger partial charge is 0.352 e. The van der Waals surface area contributed by atoms with Gasteiger partial charge in [-0.25, -0.2) is 8.42 Å². The summed E-state index contributed by atoms with van der Waals surface area (Å²) in [5.74, 6) is 0.742. The third-order valence-electron chi connectivity index (χ3n) is 4.52. The molecule has 3 aromatic rings. The first-order valence-corrected chi connectivity index (χ1v) is 10.1. The van der Waals surface area contributed by atoms with Gasteiger partial charge in [-0.2, -0.15) is 4.31 Å². The molecule has 0 atom stereocenters. The Hall–Kier alpha value is -2.84. The quantitative estimate of drug-likeness (QED) is 0.688. The molecule has 27 heavy (non-hydrogen) atoms. The molecule has 8 heteroatoms. The zero-order valence-electron chi connectivity index (χ0n) is 14.6. The van der Waals surface area contributed by atoms with Crippen LogP contribution >= 0.6 is 0 Å². The minimum Gasteiger partial charge on any atom is -0.352 e. The van der Waals surface area contributed by atoms with E-state index in [0.717, 1.165) is 11.5 Å². The van der Waals surface area contributed by atoms with Crippen molar-refractivity contribution >= 4 is 15.8 Å². The van der Waals surface area contributed by atoms with E-state index >= 15 is 0 Å². The minimum atomic E-state index is -3.45. The summed E-state index contributed by atoms with van der Waals surface area (Å²) in [4.78, 5) is 6.65. The summed E-state index contributed by atoms with van der Waals surface area (Å²) < 4.78 is 26.9. The van der Waals surface area contributed by atoms with Crippen molar-refractivity contribution in [3.63, 3.8) is 0 Å². The number of rotatable bonds is 4. The molecule has 1 aliphatic heterocycles. The molecular formula is C19H19N5O2S. The Morgan fingerprint density at radius 1 is 0.741 bits per heavy atom. The monoisotopic (exact) mass is 381 g/mol. The van der Waals surface area contributed by atoms with Crippen LogP contribution in [-0.2, 0) is 10.0 Å². The maximum atomic E-state index is 12.7. The Balaban J connectivity index is 1.44. The lowest BCUT2D eigenvalue weighted by atomic mass is 10.2. The van der Waals surface area contributed by atoms with Crippen LogP contribution in [-0.4, -0.2) is 54.1 Å². The zero-order chi connectivity index (χ0) is 18.7. The molecule has 1 saturated heterocycles.